The number of anilines is 1. The predicted molar refractivity (Wildman–Crippen MR) is 119 cm³/mol. The highest BCUT2D eigenvalue weighted by molar-refractivity contribution is 5.69. The average Bonchev–Trinajstić information content (AvgIpc) is 3.30. The molecule has 0 aliphatic carbocycles. The first-order valence-corrected chi connectivity index (χ1v) is 9.81. The Kier molecular flexibility index (Phi) is 5.72. The number of hydrogen-bond acceptors (Lipinski definition) is 5. The van der Waals surface area contributed by atoms with Gasteiger partial charge in [-0.1, -0.05) is 30.3 Å². The summed E-state index contributed by atoms with van der Waals surface area (Å²) >= 11 is 0. The van der Waals surface area contributed by atoms with Gasteiger partial charge in [-0.15, -0.1) is 0 Å². The summed E-state index contributed by atoms with van der Waals surface area (Å²) in [6, 6.07) is 17.4. The number of pyridine rings is 1. The molecule has 4 rings (SSSR count). The largest absolute Gasteiger partial charge is 0.354 e. The minimum Gasteiger partial charge on any atom is -0.354 e. The second kappa shape index (κ2) is 8.75. The van der Waals surface area contributed by atoms with Crippen molar-refractivity contribution in [1.29, 1.82) is 0 Å². The Morgan fingerprint density at radius 1 is 1.03 bits per heavy atom. The van der Waals surface area contributed by atoms with Crippen LogP contribution in [0.3, 0.4) is 0 Å². The number of hydrogen-bond donors (Lipinski definition) is 2. The van der Waals surface area contributed by atoms with E-state index in [2.05, 4.69) is 22.4 Å². The predicted octanol–water partition coefficient (Wildman–Crippen LogP) is 2.61. The average molecular weight is 400 g/mol. The van der Waals surface area contributed by atoms with E-state index in [9.17, 15) is 4.79 Å². The molecule has 0 saturated carbocycles. The van der Waals surface area contributed by atoms with Crippen LogP contribution in [-0.4, -0.2) is 31.7 Å². The molecule has 0 amide bonds. The Labute approximate surface area is 174 Å². The molecule has 7 nitrogen and oxygen atoms in total. The molecule has 3 aromatic heterocycles. The van der Waals surface area contributed by atoms with Gasteiger partial charge in [-0.3, -0.25) is 14.3 Å². The second-order valence-electron chi connectivity index (χ2n) is 7.15. The summed E-state index contributed by atoms with van der Waals surface area (Å²) < 4.78 is 3.31. The Hall–Kier alpha value is -3.71. The highest BCUT2D eigenvalue weighted by atomic mass is 16.1. The van der Waals surface area contributed by atoms with E-state index in [-0.39, 0.29) is 11.6 Å². The smallest absolute Gasteiger partial charge is 0.279 e. The lowest BCUT2D eigenvalue weighted by atomic mass is 10.1. The van der Waals surface area contributed by atoms with E-state index in [1.54, 1.807) is 24.0 Å². The van der Waals surface area contributed by atoms with E-state index < -0.39 is 0 Å². The highest BCUT2D eigenvalue weighted by Gasteiger charge is 2.18. The highest BCUT2D eigenvalue weighted by Crippen LogP contribution is 2.23. The first-order valence-electron chi connectivity index (χ1n) is 9.81. The fraction of sp³-hybridized carbons (Fsp3) is 0.174. The maximum absolute atomic E-state index is 13.2. The van der Waals surface area contributed by atoms with Crippen LogP contribution in [0.1, 0.15) is 5.56 Å². The van der Waals surface area contributed by atoms with Crippen molar-refractivity contribution in [2.24, 2.45) is 12.8 Å². The van der Waals surface area contributed by atoms with Crippen molar-refractivity contribution in [1.82, 2.24) is 19.1 Å². The third-order valence-electron chi connectivity index (χ3n) is 4.95. The van der Waals surface area contributed by atoms with Crippen molar-refractivity contribution >= 4 is 5.95 Å². The maximum Gasteiger partial charge on any atom is 0.279 e. The molecular formula is C23H24N6O. The van der Waals surface area contributed by atoms with E-state index in [1.807, 2.05) is 54.9 Å². The van der Waals surface area contributed by atoms with Crippen LogP contribution in [0.15, 0.2) is 84.2 Å². The van der Waals surface area contributed by atoms with E-state index >= 15 is 0 Å². The van der Waals surface area contributed by atoms with Crippen molar-refractivity contribution < 1.29 is 0 Å². The molecule has 0 fully saturated rings. The number of nitrogens with one attached hydrogen (secondary N) is 1. The zero-order chi connectivity index (χ0) is 20.9. The Balaban J connectivity index is 1.66. The Morgan fingerprint density at radius 3 is 2.43 bits per heavy atom. The van der Waals surface area contributed by atoms with Gasteiger partial charge in [0.2, 0.25) is 5.95 Å². The van der Waals surface area contributed by atoms with Crippen molar-refractivity contribution in [3.63, 3.8) is 0 Å². The Morgan fingerprint density at radius 2 is 1.73 bits per heavy atom. The van der Waals surface area contributed by atoms with Crippen LogP contribution < -0.4 is 16.6 Å². The molecule has 0 aliphatic heterocycles. The fourth-order valence-corrected chi connectivity index (χ4v) is 3.39. The van der Waals surface area contributed by atoms with Gasteiger partial charge in [0.05, 0.1) is 0 Å². The molecule has 0 radical (unpaired) electrons. The normalized spacial score (nSPS) is 11.9. The van der Waals surface area contributed by atoms with Gasteiger partial charge in [0, 0.05) is 50.0 Å². The minimum absolute atomic E-state index is 0.113. The number of benzene rings is 1. The van der Waals surface area contributed by atoms with E-state index in [4.69, 9.17) is 10.7 Å². The van der Waals surface area contributed by atoms with Gasteiger partial charge in [-0.2, -0.15) is 0 Å². The van der Waals surface area contributed by atoms with Crippen molar-refractivity contribution in [3.05, 3.63) is 95.3 Å². The Bertz CT molecular complexity index is 1150. The van der Waals surface area contributed by atoms with Gasteiger partial charge >= 0.3 is 0 Å². The first-order chi connectivity index (χ1) is 14.6. The third-order valence-corrected chi connectivity index (χ3v) is 4.95. The van der Waals surface area contributed by atoms with Crippen molar-refractivity contribution in [2.75, 3.05) is 11.9 Å². The number of aromatic nitrogens is 4. The quantitative estimate of drug-likeness (QED) is 0.498. The lowest BCUT2D eigenvalue weighted by Crippen LogP contribution is -2.34. The zero-order valence-electron chi connectivity index (χ0n) is 16.8. The van der Waals surface area contributed by atoms with Crippen LogP contribution in [0, 0.1) is 0 Å². The topological polar surface area (TPSA) is 90.8 Å². The molecule has 1 atom stereocenters. The van der Waals surface area contributed by atoms with E-state index in [0.29, 0.717) is 23.9 Å². The minimum atomic E-state index is -0.146. The van der Waals surface area contributed by atoms with Gasteiger partial charge in [0.15, 0.2) is 0 Å². The van der Waals surface area contributed by atoms with Gasteiger partial charge in [0.1, 0.15) is 11.4 Å². The summed E-state index contributed by atoms with van der Waals surface area (Å²) in [5.41, 5.74) is 9.25. The fourth-order valence-electron chi connectivity index (χ4n) is 3.39. The third kappa shape index (κ3) is 4.16. The molecule has 1 aromatic carbocycles. The van der Waals surface area contributed by atoms with Crippen LogP contribution in [0.5, 0.6) is 0 Å². The molecule has 0 unspecified atom stereocenters. The molecule has 3 heterocycles. The lowest BCUT2D eigenvalue weighted by Gasteiger charge is -2.18. The SMILES string of the molecule is Cn1c(NC[C@H](N)Cc2ccccc2)nc(-c2ccncc2)c(-n2cccc2)c1=O. The molecule has 152 valence electrons. The summed E-state index contributed by atoms with van der Waals surface area (Å²) in [6.45, 7) is 0.494. The summed E-state index contributed by atoms with van der Waals surface area (Å²) in [5, 5.41) is 3.26. The summed E-state index contributed by atoms with van der Waals surface area (Å²) in [6.07, 6.45) is 7.80. The monoisotopic (exact) mass is 400 g/mol. The van der Waals surface area contributed by atoms with Crippen molar-refractivity contribution in [3.8, 4) is 16.9 Å². The van der Waals surface area contributed by atoms with Gasteiger partial charge in [0.25, 0.3) is 5.56 Å². The van der Waals surface area contributed by atoms with Crippen LogP contribution in [0.25, 0.3) is 16.9 Å². The molecule has 7 heteroatoms. The molecule has 0 saturated heterocycles. The van der Waals surface area contributed by atoms with E-state index in [1.165, 1.54) is 10.1 Å². The number of nitrogens with two attached hydrogens (primary N) is 1. The molecule has 3 N–H and O–H groups in total. The van der Waals surface area contributed by atoms with E-state index in [0.717, 1.165) is 12.0 Å². The van der Waals surface area contributed by atoms with Gasteiger partial charge in [-0.05, 0) is 36.2 Å². The summed E-state index contributed by atoms with van der Waals surface area (Å²) in [4.78, 5) is 22.1. The molecule has 4 aromatic rings. The van der Waals surface area contributed by atoms with Gasteiger partial charge in [-0.25, -0.2) is 4.98 Å². The molecule has 0 aliphatic rings. The number of nitrogens with zero attached hydrogens (tertiary/aromatic N) is 4. The van der Waals surface area contributed by atoms with Crippen molar-refractivity contribution in [2.45, 2.75) is 12.5 Å². The maximum atomic E-state index is 13.2. The second-order valence-corrected chi connectivity index (χ2v) is 7.15. The van der Waals surface area contributed by atoms with Crippen LogP contribution in [0.4, 0.5) is 5.95 Å². The molecule has 30 heavy (non-hydrogen) atoms. The lowest BCUT2D eigenvalue weighted by molar-refractivity contribution is 0.687. The molecule has 0 spiro atoms. The van der Waals surface area contributed by atoms with Crippen LogP contribution in [0.2, 0.25) is 0 Å². The zero-order valence-corrected chi connectivity index (χ0v) is 16.8. The summed E-state index contributed by atoms with van der Waals surface area (Å²) in [5.74, 6) is 0.478. The van der Waals surface area contributed by atoms with Gasteiger partial charge < -0.3 is 15.6 Å². The van der Waals surface area contributed by atoms with Crippen LogP contribution in [-0.2, 0) is 13.5 Å². The first kappa shape index (κ1) is 19.6. The summed E-state index contributed by atoms with van der Waals surface area (Å²) in [7, 11) is 1.71. The standard InChI is InChI=1S/C23H24N6O/c1-28-22(30)21(29-13-5-6-14-29)20(18-9-11-25-12-10-18)27-23(28)26-16-19(24)15-17-7-3-2-4-8-17/h2-14,19H,15-16,24H2,1H3,(H,26,27)/t19-/m1/s1. The van der Waals surface area contributed by atoms with Crippen LogP contribution >= 0.6 is 0 Å². The number of rotatable bonds is 7. The molecular weight excluding hydrogens is 376 g/mol. The molecule has 0 bridgehead atoms.